The minimum absolute atomic E-state index is 0.618. The Morgan fingerprint density at radius 2 is 2.06 bits per heavy atom. The Bertz CT molecular complexity index is 665. The van der Waals surface area contributed by atoms with E-state index in [2.05, 4.69) is 30.5 Å². The summed E-state index contributed by atoms with van der Waals surface area (Å²) in [6.45, 7) is 0. The Labute approximate surface area is 100 Å². The van der Waals surface area contributed by atoms with Gasteiger partial charge >= 0.3 is 0 Å². The molecule has 7 nitrogen and oxygen atoms in total. The van der Waals surface area contributed by atoms with Crippen LogP contribution in [-0.4, -0.2) is 35.2 Å². The zero-order valence-corrected chi connectivity index (χ0v) is 9.66. The molecule has 3 aromatic rings. The van der Waals surface area contributed by atoms with E-state index in [0.717, 1.165) is 10.5 Å². The summed E-state index contributed by atoms with van der Waals surface area (Å²) in [6, 6.07) is 3.75. The average Bonchev–Trinajstić information content (AvgIpc) is 2.75. The summed E-state index contributed by atoms with van der Waals surface area (Å²) in [5, 5.41) is 12.7. The van der Waals surface area contributed by atoms with E-state index in [-0.39, 0.29) is 0 Å². The van der Waals surface area contributed by atoms with Crippen molar-refractivity contribution in [3.05, 3.63) is 24.5 Å². The molecule has 8 heteroatoms. The molecule has 0 saturated carbocycles. The smallest absolute Gasteiger partial charge is 0.215 e. The molecule has 0 fully saturated rings. The molecule has 3 heterocycles. The van der Waals surface area contributed by atoms with Gasteiger partial charge in [-0.05, 0) is 34.3 Å². The summed E-state index contributed by atoms with van der Waals surface area (Å²) in [4.78, 5) is 12.7. The fraction of sp³-hybridized carbons (Fsp3) is 0.111. The molecule has 0 unspecified atom stereocenters. The van der Waals surface area contributed by atoms with Gasteiger partial charge in [-0.1, -0.05) is 0 Å². The molecule has 0 saturated heterocycles. The number of hydrogen-bond donors (Lipinski definition) is 0. The van der Waals surface area contributed by atoms with Crippen LogP contribution in [0.2, 0.25) is 0 Å². The Hall–Kier alpha value is -2.09. The van der Waals surface area contributed by atoms with Crippen molar-refractivity contribution in [3.8, 4) is 0 Å². The van der Waals surface area contributed by atoms with E-state index in [4.69, 9.17) is 0 Å². The summed E-state index contributed by atoms with van der Waals surface area (Å²) in [5.41, 5.74) is 1.39. The molecule has 0 aromatic carbocycles. The molecule has 3 aromatic heterocycles. The lowest BCUT2D eigenvalue weighted by atomic mass is 10.4. The zero-order chi connectivity index (χ0) is 11.7. The third-order valence-electron chi connectivity index (χ3n) is 2.08. The number of aromatic nitrogens is 7. The molecule has 0 spiro atoms. The van der Waals surface area contributed by atoms with E-state index in [0.29, 0.717) is 10.8 Å². The van der Waals surface area contributed by atoms with Crippen LogP contribution < -0.4 is 0 Å². The van der Waals surface area contributed by atoms with Crippen LogP contribution in [0, 0.1) is 0 Å². The number of aryl methyl sites for hydroxylation is 1. The monoisotopic (exact) mass is 245 g/mol. The van der Waals surface area contributed by atoms with Crippen LogP contribution in [0.3, 0.4) is 0 Å². The lowest BCUT2D eigenvalue weighted by Crippen LogP contribution is -1.94. The van der Waals surface area contributed by atoms with Crippen molar-refractivity contribution in [2.75, 3.05) is 0 Å². The molecule has 17 heavy (non-hydrogen) atoms. The van der Waals surface area contributed by atoms with Crippen LogP contribution in [0.5, 0.6) is 0 Å². The predicted molar refractivity (Wildman–Crippen MR) is 60.3 cm³/mol. The third-order valence-corrected chi connectivity index (χ3v) is 3.05. The number of tetrazole rings is 1. The van der Waals surface area contributed by atoms with E-state index in [9.17, 15) is 0 Å². The van der Waals surface area contributed by atoms with Crippen molar-refractivity contribution >= 4 is 22.9 Å². The SMILES string of the molecule is Cn1nnnc1Sc1ccc2nccnc2n1. The minimum atomic E-state index is 0.618. The first-order chi connectivity index (χ1) is 8.33. The van der Waals surface area contributed by atoms with Crippen LogP contribution in [0.4, 0.5) is 0 Å². The van der Waals surface area contributed by atoms with Crippen LogP contribution >= 0.6 is 11.8 Å². The number of pyridine rings is 1. The molecule has 0 bridgehead atoms. The lowest BCUT2D eigenvalue weighted by molar-refractivity contribution is 0.664. The molecular weight excluding hydrogens is 238 g/mol. The van der Waals surface area contributed by atoms with Gasteiger partial charge in [0, 0.05) is 19.4 Å². The average molecular weight is 245 g/mol. The Morgan fingerprint density at radius 3 is 2.88 bits per heavy atom. The van der Waals surface area contributed by atoms with Gasteiger partial charge in [0.2, 0.25) is 5.16 Å². The molecule has 0 atom stereocenters. The van der Waals surface area contributed by atoms with E-state index in [1.54, 1.807) is 24.1 Å². The normalized spacial score (nSPS) is 10.9. The fourth-order valence-electron chi connectivity index (χ4n) is 1.30. The maximum Gasteiger partial charge on any atom is 0.215 e. The molecule has 0 amide bonds. The highest BCUT2D eigenvalue weighted by Gasteiger charge is 2.07. The second kappa shape index (κ2) is 4.06. The number of fused-ring (bicyclic) bond motifs is 1. The lowest BCUT2D eigenvalue weighted by Gasteiger charge is -1.99. The summed E-state index contributed by atoms with van der Waals surface area (Å²) < 4.78 is 1.59. The van der Waals surface area contributed by atoms with Crippen molar-refractivity contribution in [1.29, 1.82) is 0 Å². The predicted octanol–water partition coefficient (Wildman–Crippen LogP) is 0.699. The van der Waals surface area contributed by atoms with Crippen molar-refractivity contribution in [3.63, 3.8) is 0 Å². The maximum atomic E-state index is 4.37. The number of hydrogen-bond acceptors (Lipinski definition) is 7. The number of rotatable bonds is 2. The first-order valence-electron chi connectivity index (χ1n) is 4.81. The second-order valence-electron chi connectivity index (χ2n) is 3.24. The molecular formula is C9H7N7S. The molecule has 0 N–H and O–H groups in total. The summed E-state index contributed by atoms with van der Waals surface area (Å²) in [5.74, 6) is 0. The first kappa shape index (κ1) is 10.1. The van der Waals surface area contributed by atoms with Crippen LogP contribution in [0.1, 0.15) is 0 Å². The second-order valence-corrected chi connectivity index (χ2v) is 4.22. The first-order valence-corrected chi connectivity index (χ1v) is 5.62. The van der Waals surface area contributed by atoms with E-state index < -0.39 is 0 Å². The van der Waals surface area contributed by atoms with Gasteiger partial charge in [0.1, 0.15) is 10.5 Å². The molecule has 84 valence electrons. The maximum absolute atomic E-state index is 4.37. The minimum Gasteiger partial charge on any atom is -0.251 e. The van der Waals surface area contributed by atoms with Crippen molar-refractivity contribution in [2.24, 2.45) is 7.05 Å². The van der Waals surface area contributed by atoms with Crippen molar-refractivity contribution < 1.29 is 0 Å². The highest BCUT2D eigenvalue weighted by Crippen LogP contribution is 2.23. The molecule has 0 radical (unpaired) electrons. The van der Waals surface area contributed by atoms with Gasteiger partial charge in [0.25, 0.3) is 0 Å². The van der Waals surface area contributed by atoms with Gasteiger partial charge in [0.15, 0.2) is 5.65 Å². The van der Waals surface area contributed by atoms with E-state index in [1.807, 2.05) is 12.1 Å². The van der Waals surface area contributed by atoms with Crippen molar-refractivity contribution in [1.82, 2.24) is 35.2 Å². The van der Waals surface area contributed by atoms with Crippen LogP contribution in [0.25, 0.3) is 11.2 Å². The molecule has 3 rings (SSSR count). The van der Waals surface area contributed by atoms with Crippen molar-refractivity contribution in [2.45, 2.75) is 10.2 Å². The Balaban J connectivity index is 1.99. The third kappa shape index (κ3) is 1.94. The zero-order valence-electron chi connectivity index (χ0n) is 8.85. The van der Waals surface area contributed by atoms with Crippen LogP contribution in [0.15, 0.2) is 34.7 Å². The van der Waals surface area contributed by atoms with E-state index >= 15 is 0 Å². The summed E-state index contributed by atoms with van der Waals surface area (Å²) >= 11 is 1.38. The standard InChI is InChI=1S/C9H7N7S/c1-16-9(13-14-15-16)17-7-3-2-6-8(12-7)11-5-4-10-6/h2-5H,1H3. The van der Waals surface area contributed by atoms with Crippen LogP contribution in [-0.2, 0) is 7.05 Å². The van der Waals surface area contributed by atoms with Gasteiger partial charge in [0.05, 0.1) is 0 Å². The highest BCUT2D eigenvalue weighted by molar-refractivity contribution is 7.99. The van der Waals surface area contributed by atoms with Gasteiger partial charge in [-0.2, -0.15) is 0 Å². The molecule has 0 aliphatic heterocycles. The Kier molecular flexibility index (Phi) is 2.41. The number of nitrogens with zero attached hydrogens (tertiary/aromatic N) is 7. The topological polar surface area (TPSA) is 82.3 Å². The molecule has 0 aliphatic carbocycles. The largest absolute Gasteiger partial charge is 0.251 e. The van der Waals surface area contributed by atoms with Gasteiger partial charge < -0.3 is 0 Å². The highest BCUT2D eigenvalue weighted by atomic mass is 32.2. The van der Waals surface area contributed by atoms with Gasteiger partial charge in [-0.3, -0.25) is 4.98 Å². The van der Waals surface area contributed by atoms with E-state index in [1.165, 1.54) is 11.8 Å². The Morgan fingerprint density at radius 1 is 1.18 bits per heavy atom. The quantitative estimate of drug-likeness (QED) is 0.657. The van der Waals surface area contributed by atoms with Gasteiger partial charge in [-0.25, -0.2) is 14.6 Å². The summed E-state index contributed by atoms with van der Waals surface area (Å²) in [7, 11) is 1.78. The fourth-order valence-corrected chi connectivity index (χ4v) is 2.00. The molecule has 0 aliphatic rings. The van der Waals surface area contributed by atoms with Gasteiger partial charge in [-0.15, -0.1) is 5.10 Å². The summed E-state index contributed by atoms with van der Waals surface area (Å²) in [6.07, 6.45) is 3.26.